The van der Waals surface area contributed by atoms with Crippen molar-refractivity contribution in [3.05, 3.63) is 54.6 Å². The smallest absolute Gasteiger partial charge is 0.387 e. The van der Waals surface area contributed by atoms with E-state index in [4.69, 9.17) is 0 Å². The molecule has 2 aromatic carbocycles. The Balaban J connectivity index is 1.50. The molecule has 1 saturated heterocycles. The fraction of sp³-hybridized carbons (Fsp3) is 0.333. The highest BCUT2D eigenvalue weighted by Crippen LogP contribution is 2.31. The average molecular weight is 417 g/mol. The summed E-state index contributed by atoms with van der Waals surface area (Å²) in [6.07, 6.45) is 0.792. The SMILES string of the molecule is CN=C(NCC(=O)Nc1ccccc1)NC1CCN(c2ccccc2OC(F)F)C1. The minimum absolute atomic E-state index is 0.0491. The fourth-order valence-electron chi connectivity index (χ4n) is 3.29. The maximum Gasteiger partial charge on any atom is 0.387 e. The predicted octanol–water partition coefficient (Wildman–Crippen LogP) is 2.67. The van der Waals surface area contributed by atoms with Gasteiger partial charge in [0.25, 0.3) is 0 Å². The molecule has 9 heteroatoms. The largest absolute Gasteiger partial charge is 0.433 e. The van der Waals surface area contributed by atoms with Crippen molar-refractivity contribution in [1.82, 2.24) is 10.6 Å². The van der Waals surface area contributed by atoms with Gasteiger partial charge in [0.15, 0.2) is 5.96 Å². The molecule has 1 unspecified atom stereocenters. The van der Waals surface area contributed by atoms with Crippen molar-refractivity contribution in [2.75, 3.05) is 36.9 Å². The van der Waals surface area contributed by atoms with Gasteiger partial charge in [-0.25, -0.2) is 0 Å². The highest BCUT2D eigenvalue weighted by Gasteiger charge is 2.26. The van der Waals surface area contributed by atoms with Gasteiger partial charge in [-0.05, 0) is 30.7 Å². The van der Waals surface area contributed by atoms with Crippen LogP contribution in [0.25, 0.3) is 0 Å². The molecule has 0 aromatic heterocycles. The Hall–Kier alpha value is -3.36. The number of rotatable bonds is 7. The third kappa shape index (κ3) is 6.07. The summed E-state index contributed by atoms with van der Waals surface area (Å²) >= 11 is 0. The lowest BCUT2D eigenvalue weighted by atomic mass is 10.2. The molecular weight excluding hydrogens is 392 g/mol. The molecule has 1 aliphatic rings. The van der Waals surface area contributed by atoms with Crippen LogP contribution in [0.2, 0.25) is 0 Å². The number of hydrogen-bond acceptors (Lipinski definition) is 4. The van der Waals surface area contributed by atoms with Gasteiger partial charge in [-0.3, -0.25) is 9.79 Å². The first-order chi connectivity index (χ1) is 14.5. The van der Waals surface area contributed by atoms with Gasteiger partial charge in [-0.2, -0.15) is 8.78 Å². The van der Waals surface area contributed by atoms with Crippen LogP contribution in [0, 0.1) is 0 Å². The number of halogens is 2. The number of guanidine groups is 1. The summed E-state index contributed by atoms with van der Waals surface area (Å²) < 4.78 is 30.0. The summed E-state index contributed by atoms with van der Waals surface area (Å²) in [7, 11) is 1.63. The Morgan fingerprint density at radius 3 is 2.67 bits per heavy atom. The monoisotopic (exact) mass is 417 g/mol. The molecule has 0 bridgehead atoms. The molecule has 3 rings (SSSR count). The first kappa shape index (κ1) is 21.4. The molecule has 1 atom stereocenters. The van der Waals surface area contributed by atoms with E-state index in [0.29, 0.717) is 24.7 Å². The highest BCUT2D eigenvalue weighted by molar-refractivity contribution is 5.95. The second-order valence-electron chi connectivity index (χ2n) is 6.76. The van der Waals surface area contributed by atoms with Gasteiger partial charge in [0.1, 0.15) is 5.75 Å². The van der Waals surface area contributed by atoms with Gasteiger partial charge in [0.05, 0.1) is 12.2 Å². The molecule has 0 radical (unpaired) electrons. The van der Waals surface area contributed by atoms with Gasteiger partial charge in [0, 0.05) is 31.9 Å². The van der Waals surface area contributed by atoms with Crippen LogP contribution in [0.4, 0.5) is 20.2 Å². The van der Waals surface area contributed by atoms with Gasteiger partial charge >= 0.3 is 6.61 Å². The maximum atomic E-state index is 12.7. The number of benzene rings is 2. The van der Waals surface area contributed by atoms with Crippen molar-refractivity contribution in [2.45, 2.75) is 19.1 Å². The molecule has 3 N–H and O–H groups in total. The van der Waals surface area contributed by atoms with Gasteiger partial charge in [-0.15, -0.1) is 0 Å². The van der Waals surface area contributed by atoms with Gasteiger partial charge < -0.3 is 25.6 Å². The summed E-state index contributed by atoms with van der Waals surface area (Å²) in [6.45, 7) is -1.52. The van der Waals surface area contributed by atoms with Crippen molar-refractivity contribution in [2.24, 2.45) is 4.99 Å². The van der Waals surface area contributed by atoms with Gasteiger partial charge in [-0.1, -0.05) is 30.3 Å². The molecule has 0 aliphatic carbocycles. The summed E-state index contributed by atoms with van der Waals surface area (Å²) in [5.41, 5.74) is 1.36. The zero-order valence-corrected chi connectivity index (χ0v) is 16.6. The third-order valence-corrected chi connectivity index (χ3v) is 4.65. The van der Waals surface area contributed by atoms with Crippen LogP contribution in [0.3, 0.4) is 0 Å². The molecule has 1 fully saturated rings. The van der Waals surface area contributed by atoms with Gasteiger partial charge in [0.2, 0.25) is 5.91 Å². The van der Waals surface area contributed by atoms with Crippen LogP contribution >= 0.6 is 0 Å². The predicted molar refractivity (Wildman–Crippen MR) is 113 cm³/mol. The first-order valence-corrected chi connectivity index (χ1v) is 9.66. The Morgan fingerprint density at radius 1 is 1.20 bits per heavy atom. The molecule has 1 aliphatic heterocycles. The van der Waals surface area contributed by atoms with E-state index in [1.807, 2.05) is 35.2 Å². The second-order valence-corrected chi connectivity index (χ2v) is 6.76. The standard InChI is InChI=1S/C21H25F2N5O2/c1-24-21(25-13-19(29)26-15-7-3-2-4-8-15)27-16-11-12-28(14-16)17-9-5-6-10-18(17)30-20(22)23/h2-10,16,20H,11-14H2,1H3,(H,26,29)(H2,24,25,27). The van der Waals surface area contributed by atoms with Crippen molar-refractivity contribution < 1.29 is 18.3 Å². The third-order valence-electron chi connectivity index (χ3n) is 4.65. The number of nitrogens with zero attached hydrogens (tertiary/aromatic N) is 2. The lowest BCUT2D eigenvalue weighted by Crippen LogP contribution is -2.46. The number of amides is 1. The summed E-state index contributed by atoms with van der Waals surface area (Å²) in [4.78, 5) is 18.2. The van der Waals surface area contributed by atoms with E-state index in [1.165, 1.54) is 6.07 Å². The molecule has 1 heterocycles. The Labute approximate surface area is 174 Å². The van der Waals surface area contributed by atoms with E-state index in [1.54, 1.807) is 25.2 Å². The van der Waals surface area contributed by atoms with Crippen LogP contribution in [-0.2, 0) is 4.79 Å². The molecule has 0 spiro atoms. The van der Waals surface area contributed by atoms with E-state index in [9.17, 15) is 13.6 Å². The van der Waals surface area contributed by atoms with Crippen molar-refractivity contribution in [3.63, 3.8) is 0 Å². The minimum Gasteiger partial charge on any atom is -0.433 e. The first-order valence-electron chi connectivity index (χ1n) is 9.66. The normalized spacial score (nSPS) is 16.5. The number of carbonyl (C=O) groups is 1. The number of hydrogen-bond donors (Lipinski definition) is 3. The summed E-state index contributed by atoms with van der Waals surface area (Å²) in [5, 5.41) is 9.06. The molecule has 0 saturated carbocycles. The molecule has 30 heavy (non-hydrogen) atoms. The zero-order valence-electron chi connectivity index (χ0n) is 16.6. The molecular formula is C21H25F2N5O2. The number of para-hydroxylation sites is 3. The van der Waals surface area contributed by atoms with Crippen LogP contribution in [0.1, 0.15) is 6.42 Å². The molecule has 7 nitrogen and oxygen atoms in total. The van der Waals surface area contributed by atoms with Crippen LogP contribution in [0.5, 0.6) is 5.75 Å². The van der Waals surface area contributed by atoms with Crippen molar-refractivity contribution >= 4 is 23.2 Å². The zero-order chi connectivity index (χ0) is 21.3. The minimum atomic E-state index is -2.87. The molecule has 1 amide bonds. The topological polar surface area (TPSA) is 78.0 Å². The summed E-state index contributed by atoms with van der Waals surface area (Å²) in [5.74, 6) is 0.477. The number of nitrogens with one attached hydrogen (secondary N) is 3. The summed E-state index contributed by atoms with van der Waals surface area (Å²) in [6, 6.07) is 16.0. The molecule has 160 valence electrons. The number of carbonyl (C=O) groups excluding carboxylic acids is 1. The lowest BCUT2D eigenvalue weighted by Gasteiger charge is -2.22. The fourth-order valence-corrected chi connectivity index (χ4v) is 3.29. The van der Waals surface area contributed by atoms with E-state index in [-0.39, 0.29) is 24.2 Å². The Kier molecular flexibility index (Phi) is 7.42. The molecule has 2 aromatic rings. The average Bonchev–Trinajstić information content (AvgIpc) is 3.20. The van der Waals surface area contributed by atoms with Crippen LogP contribution in [-0.4, -0.2) is 51.2 Å². The quantitative estimate of drug-likeness (QED) is 0.477. The number of anilines is 2. The lowest BCUT2D eigenvalue weighted by molar-refractivity contribution is -0.115. The Morgan fingerprint density at radius 2 is 1.93 bits per heavy atom. The second kappa shape index (κ2) is 10.4. The van der Waals surface area contributed by atoms with E-state index >= 15 is 0 Å². The van der Waals surface area contributed by atoms with Crippen molar-refractivity contribution in [1.29, 1.82) is 0 Å². The number of aliphatic imine (C=N–C) groups is 1. The van der Waals surface area contributed by atoms with Crippen LogP contribution in [0.15, 0.2) is 59.6 Å². The number of ether oxygens (including phenoxy) is 1. The van der Waals surface area contributed by atoms with Crippen molar-refractivity contribution in [3.8, 4) is 5.75 Å². The maximum absolute atomic E-state index is 12.7. The van der Waals surface area contributed by atoms with E-state index in [2.05, 4.69) is 25.7 Å². The number of alkyl halides is 2. The Bertz CT molecular complexity index is 863. The van der Waals surface area contributed by atoms with Crippen LogP contribution < -0.4 is 25.6 Å². The highest BCUT2D eigenvalue weighted by atomic mass is 19.3. The van der Waals surface area contributed by atoms with E-state index < -0.39 is 6.61 Å². The van der Waals surface area contributed by atoms with E-state index in [0.717, 1.165) is 12.1 Å².